The number of carbonyl (C=O) groups is 1. The van der Waals surface area contributed by atoms with Crippen molar-refractivity contribution in [3.63, 3.8) is 0 Å². The van der Waals surface area contributed by atoms with E-state index in [1.54, 1.807) is 11.3 Å². The third-order valence-electron chi connectivity index (χ3n) is 4.07. The summed E-state index contributed by atoms with van der Waals surface area (Å²) in [6.07, 6.45) is 5.80. The van der Waals surface area contributed by atoms with Crippen LogP contribution >= 0.6 is 11.3 Å². The summed E-state index contributed by atoms with van der Waals surface area (Å²) in [6, 6.07) is 4.41. The highest BCUT2D eigenvalue weighted by Gasteiger charge is 2.29. The molecular weight excluding hydrogens is 256 g/mol. The van der Waals surface area contributed by atoms with E-state index >= 15 is 0 Å². The molecular formula is C15H24N2OS. The van der Waals surface area contributed by atoms with Gasteiger partial charge < -0.3 is 11.1 Å². The molecule has 1 aliphatic rings. The normalized spacial score (nSPS) is 19.3. The van der Waals surface area contributed by atoms with E-state index in [2.05, 4.69) is 22.8 Å². The minimum absolute atomic E-state index is 0.00821. The maximum Gasteiger partial charge on any atom is 0.223 e. The van der Waals surface area contributed by atoms with Gasteiger partial charge in [-0.2, -0.15) is 0 Å². The van der Waals surface area contributed by atoms with Crippen LogP contribution in [0.4, 0.5) is 0 Å². The van der Waals surface area contributed by atoms with Crippen LogP contribution in [0, 0.1) is 11.8 Å². The first-order chi connectivity index (χ1) is 9.22. The number of nitrogens with two attached hydrogens (primary N) is 1. The fourth-order valence-corrected chi connectivity index (χ4v) is 3.73. The Kier molecular flexibility index (Phi) is 5.40. The van der Waals surface area contributed by atoms with Crippen molar-refractivity contribution in [3.8, 4) is 0 Å². The Balaban J connectivity index is 2.03. The van der Waals surface area contributed by atoms with Crippen LogP contribution in [-0.4, -0.2) is 12.5 Å². The fraction of sp³-hybridized carbons (Fsp3) is 0.667. The molecule has 106 valence electrons. The Morgan fingerprint density at radius 3 is 2.84 bits per heavy atom. The van der Waals surface area contributed by atoms with Gasteiger partial charge in [0.15, 0.2) is 0 Å². The average molecular weight is 280 g/mol. The zero-order chi connectivity index (χ0) is 13.7. The Morgan fingerprint density at radius 2 is 2.26 bits per heavy atom. The highest BCUT2D eigenvalue weighted by atomic mass is 32.1. The molecule has 4 heteroatoms. The zero-order valence-electron chi connectivity index (χ0n) is 11.6. The lowest BCUT2D eigenvalue weighted by Crippen LogP contribution is -2.36. The van der Waals surface area contributed by atoms with Crippen molar-refractivity contribution in [2.45, 2.75) is 45.1 Å². The zero-order valence-corrected chi connectivity index (χ0v) is 12.4. The summed E-state index contributed by atoms with van der Waals surface area (Å²) in [5.74, 6) is 0.761. The molecule has 1 heterocycles. The van der Waals surface area contributed by atoms with Crippen LogP contribution in [0.25, 0.3) is 0 Å². The summed E-state index contributed by atoms with van der Waals surface area (Å²) in [6.45, 7) is 2.53. The van der Waals surface area contributed by atoms with Gasteiger partial charge in [-0.15, -0.1) is 11.3 Å². The SMILES string of the molecule is CC(CCN)C(=O)NC(c1cccs1)C1CCCC1. The smallest absolute Gasteiger partial charge is 0.223 e. The Morgan fingerprint density at radius 1 is 1.53 bits per heavy atom. The van der Waals surface area contributed by atoms with Crippen molar-refractivity contribution < 1.29 is 4.79 Å². The van der Waals surface area contributed by atoms with Crippen LogP contribution in [0.5, 0.6) is 0 Å². The maximum absolute atomic E-state index is 12.2. The Bertz CT molecular complexity index is 385. The summed E-state index contributed by atoms with van der Waals surface area (Å²) in [5, 5.41) is 5.35. The van der Waals surface area contributed by atoms with E-state index in [1.807, 2.05) is 6.92 Å². The van der Waals surface area contributed by atoms with Gasteiger partial charge in [-0.05, 0) is 43.2 Å². The van der Waals surface area contributed by atoms with Gasteiger partial charge in [-0.25, -0.2) is 0 Å². The predicted octanol–water partition coefficient (Wildman–Crippen LogP) is 3.08. The molecule has 0 spiro atoms. The van der Waals surface area contributed by atoms with Crippen molar-refractivity contribution >= 4 is 17.2 Å². The standard InChI is InChI=1S/C15H24N2OS/c1-11(8-9-16)15(18)17-14(12-5-2-3-6-12)13-7-4-10-19-13/h4,7,10-12,14H,2-3,5-6,8-9,16H2,1H3,(H,17,18). The lowest BCUT2D eigenvalue weighted by Gasteiger charge is -2.25. The van der Waals surface area contributed by atoms with Crippen LogP contribution in [-0.2, 0) is 4.79 Å². The molecule has 1 fully saturated rings. The van der Waals surface area contributed by atoms with Gasteiger partial charge in [0.2, 0.25) is 5.91 Å². The van der Waals surface area contributed by atoms with Gasteiger partial charge in [0.05, 0.1) is 6.04 Å². The first-order valence-electron chi connectivity index (χ1n) is 7.26. The topological polar surface area (TPSA) is 55.1 Å². The third-order valence-corrected chi connectivity index (χ3v) is 5.02. The molecule has 2 atom stereocenters. The molecule has 0 aromatic carbocycles. The van der Waals surface area contributed by atoms with Gasteiger partial charge in [0.25, 0.3) is 0 Å². The summed E-state index contributed by atoms with van der Waals surface area (Å²) < 4.78 is 0. The molecule has 19 heavy (non-hydrogen) atoms. The minimum Gasteiger partial charge on any atom is -0.348 e. The van der Waals surface area contributed by atoms with Crippen LogP contribution in [0.15, 0.2) is 17.5 Å². The lowest BCUT2D eigenvalue weighted by atomic mass is 9.95. The summed E-state index contributed by atoms with van der Waals surface area (Å²) in [5.41, 5.74) is 5.54. The largest absolute Gasteiger partial charge is 0.348 e. The number of thiophene rings is 1. The third kappa shape index (κ3) is 3.80. The van der Waals surface area contributed by atoms with Gasteiger partial charge in [0.1, 0.15) is 0 Å². The van der Waals surface area contributed by atoms with Gasteiger partial charge >= 0.3 is 0 Å². The molecule has 0 aliphatic heterocycles. The number of hydrogen-bond acceptors (Lipinski definition) is 3. The van der Waals surface area contributed by atoms with E-state index in [-0.39, 0.29) is 17.9 Å². The number of nitrogens with one attached hydrogen (secondary N) is 1. The highest BCUT2D eigenvalue weighted by Crippen LogP contribution is 2.37. The summed E-state index contributed by atoms with van der Waals surface area (Å²) in [4.78, 5) is 13.5. The molecule has 1 aliphatic carbocycles. The molecule has 1 saturated carbocycles. The number of hydrogen-bond donors (Lipinski definition) is 2. The summed E-state index contributed by atoms with van der Waals surface area (Å²) >= 11 is 1.75. The molecule has 1 aromatic heterocycles. The molecule has 0 bridgehead atoms. The lowest BCUT2D eigenvalue weighted by molar-refractivity contribution is -0.125. The molecule has 3 nitrogen and oxygen atoms in total. The monoisotopic (exact) mass is 280 g/mol. The fourth-order valence-electron chi connectivity index (χ4n) is 2.86. The van der Waals surface area contributed by atoms with Crippen molar-refractivity contribution in [1.29, 1.82) is 0 Å². The molecule has 1 amide bonds. The molecule has 1 aromatic rings. The van der Waals surface area contributed by atoms with Crippen LogP contribution in [0.1, 0.15) is 49.9 Å². The summed E-state index contributed by atoms with van der Waals surface area (Å²) in [7, 11) is 0. The number of amides is 1. The molecule has 0 saturated heterocycles. The Labute approximate surface area is 119 Å². The van der Waals surface area contributed by atoms with Crippen molar-refractivity contribution in [1.82, 2.24) is 5.32 Å². The first-order valence-corrected chi connectivity index (χ1v) is 8.14. The van der Waals surface area contributed by atoms with E-state index < -0.39 is 0 Å². The van der Waals surface area contributed by atoms with E-state index in [0.29, 0.717) is 12.5 Å². The van der Waals surface area contributed by atoms with E-state index in [4.69, 9.17) is 5.73 Å². The van der Waals surface area contributed by atoms with E-state index in [0.717, 1.165) is 6.42 Å². The van der Waals surface area contributed by atoms with E-state index in [1.165, 1.54) is 30.6 Å². The van der Waals surface area contributed by atoms with Gasteiger partial charge in [0, 0.05) is 10.8 Å². The van der Waals surface area contributed by atoms with Crippen LogP contribution < -0.4 is 11.1 Å². The minimum atomic E-state index is 0.00821. The molecule has 2 unspecified atom stereocenters. The van der Waals surface area contributed by atoms with Crippen molar-refractivity contribution in [2.24, 2.45) is 17.6 Å². The molecule has 3 N–H and O–H groups in total. The van der Waals surface area contributed by atoms with Crippen molar-refractivity contribution in [2.75, 3.05) is 6.54 Å². The first kappa shape index (κ1) is 14.5. The molecule has 2 rings (SSSR count). The van der Waals surface area contributed by atoms with Gasteiger partial charge in [-0.3, -0.25) is 4.79 Å². The number of rotatable bonds is 6. The van der Waals surface area contributed by atoms with Crippen LogP contribution in [0.2, 0.25) is 0 Å². The van der Waals surface area contributed by atoms with E-state index in [9.17, 15) is 4.79 Å². The molecule has 0 radical (unpaired) electrons. The van der Waals surface area contributed by atoms with Crippen molar-refractivity contribution in [3.05, 3.63) is 22.4 Å². The average Bonchev–Trinajstić information content (AvgIpc) is 3.09. The second kappa shape index (κ2) is 7.06. The van der Waals surface area contributed by atoms with Gasteiger partial charge in [-0.1, -0.05) is 25.8 Å². The number of carbonyl (C=O) groups excluding carboxylic acids is 1. The van der Waals surface area contributed by atoms with Crippen LogP contribution in [0.3, 0.4) is 0 Å². The highest BCUT2D eigenvalue weighted by molar-refractivity contribution is 7.10. The second-order valence-corrected chi connectivity index (χ2v) is 6.50. The quantitative estimate of drug-likeness (QED) is 0.841. The Hall–Kier alpha value is -0.870. The second-order valence-electron chi connectivity index (χ2n) is 5.52. The maximum atomic E-state index is 12.2. The predicted molar refractivity (Wildman–Crippen MR) is 80.0 cm³/mol.